The Bertz CT molecular complexity index is 1370. The van der Waals surface area contributed by atoms with Crippen LogP contribution in [0.1, 0.15) is 15.9 Å². The van der Waals surface area contributed by atoms with E-state index in [1.807, 2.05) is 0 Å². The van der Waals surface area contributed by atoms with Crippen molar-refractivity contribution in [2.45, 2.75) is 0 Å². The lowest BCUT2D eigenvalue weighted by Crippen LogP contribution is -2.13. The van der Waals surface area contributed by atoms with Crippen LogP contribution in [0.25, 0.3) is 6.08 Å². The summed E-state index contributed by atoms with van der Waals surface area (Å²) in [7, 11) is 0. The number of esters is 1. The summed E-state index contributed by atoms with van der Waals surface area (Å²) in [6.07, 6.45) is 1.31. The molecule has 1 N–H and O–H groups in total. The fourth-order valence-electron chi connectivity index (χ4n) is 2.67. The number of nitro benzene ring substituents is 1. The SMILES string of the molecule is N#C/C(=C\c1ccc(OC(=O)c2ccc(Cl)c(Cl)c2)cc1)C(=O)Nc1ccc(Cl)c([N+](=O)[O-])c1. The molecule has 0 saturated heterocycles. The maximum atomic E-state index is 12.4. The van der Waals surface area contributed by atoms with Gasteiger partial charge in [0.05, 0.1) is 20.5 Å². The Hall–Kier alpha value is -3.90. The van der Waals surface area contributed by atoms with Gasteiger partial charge in [0.15, 0.2) is 0 Å². The van der Waals surface area contributed by atoms with Crippen LogP contribution >= 0.6 is 34.8 Å². The summed E-state index contributed by atoms with van der Waals surface area (Å²) in [5.74, 6) is -1.19. The normalized spacial score (nSPS) is 10.8. The summed E-state index contributed by atoms with van der Waals surface area (Å²) in [6, 6.07) is 15.9. The lowest BCUT2D eigenvalue weighted by Gasteiger charge is -2.06. The van der Waals surface area contributed by atoms with E-state index in [0.29, 0.717) is 10.6 Å². The number of carbonyl (C=O) groups is 2. The molecule has 0 heterocycles. The number of carbonyl (C=O) groups excluding carboxylic acids is 2. The van der Waals surface area contributed by atoms with Crippen LogP contribution in [-0.4, -0.2) is 16.8 Å². The van der Waals surface area contributed by atoms with Crippen molar-refractivity contribution in [3.63, 3.8) is 0 Å². The number of nitro groups is 1. The number of benzene rings is 3. The highest BCUT2D eigenvalue weighted by Crippen LogP contribution is 2.28. The van der Waals surface area contributed by atoms with Gasteiger partial charge >= 0.3 is 5.97 Å². The van der Waals surface area contributed by atoms with Crippen molar-refractivity contribution in [3.05, 3.63) is 103 Å². The van der Waals surface area contributed by atoms with Gasteiger partial charge in [0.25, 0.3) is 11.6 Å². The molecular weight excluding hydrogens is 505 g/mol. The molecule has 0 atom stereocenters. The molecule has 0 spiro atoms. The third kappa shape index (κ3) is 6.11. The van der Waals surface area contributed by atoms with Crippen molar-refractivity contribution < 1.29 is 19.2 Å². The Balaban J connectivity index is 1.71. The summed E-state index contributed by atoms with van der Waals surface area (Å²) in [5, 5.41) is 23.2. The number of halogens is 3. The van der Waals surface area contributed by atoms with Crippen LogP contribution in [0.2, 0.25) is 15.1 Å². The largest absolute Gasteiger partial charge is 0.423 e. The van der Waals surface area contributed by atoms with Gasteiger partial charge in [-0.05, 0) is 54.1 Å². The van der Waals surface area contributed by atoms with Gasteiger partial charge in [-0.15, -0.1) is 0 Å². The predicted molar refractivity (Wildman–Crippen MR) is 128 cm³/mol. The molecule has 3 aromatic rings. The zero-order chi connectivity index (χ0) is 24.8. The fraction of sp³-hybridized carbons (Fsp3) is 0. The van der Waals surface area contributed by atoms with Crippen molar-refractivity contribution in [2.75, 3.05) is 5.32 Å². The van der Waals surface area contributed by atoms with Crippen LogP contribution in [0.4, 0.5) is 11.4 Å². The average Bonchev–Trinajstić information content (AvgIpc) is 2.81. The van der Waals surface area contributed by atoms with E-state index in [1.54, 1.807) is 6.07 Å². The van der Waals surface area contributed by atoms with E-state index in [9.17, 15) is 25.0 Å². The van der Waals surface area contributed by atoms with E-state index in [1.165, 1.54) is 60.7 Å². The highest BCUT2D eigenvalue weighted by Gasteiger charge is 2.16. The number of anilines is 1. The topological polar surface area (TPSA) is 122 Å². The second kappa shape index (κ2) is 10.8. The molecule has 34 heavy (non-hydrogen) atoms. The van der Waals surface area contributed by atoms with Gasteiger partial charge in [0, 0.05) is 11.8 Å². The van der Waals surface area contributed by atoms with Crippen molar-refractivity contribution in [1.82, 2.24) is 0 Å². The van der Waals surface area contributed by atoms with E-state index >= 15 is 0 Å². The van der Waals surface area contributed by atoms with Gasteiger partial charge in [-0.25, -0.2) is 4.79 Å². The average molecular weight is 517 g/mol. The highest BCUT2D eigenvalue weighted by atomic mass is 35.5. The Kier molecular flexibility index (Phi) is 7.87. The smallest absolute Gasteiger partial charge is 0.343 e. The summed E-state index contributed by atoms with van der Waals surface area (Å²) in [6.45, 7) is 0. The third-order valence-electron chi connectivity index (χ3n) is 4.32. The van der Waals surface area contributed by atoms with Crippen molar-refractivity contribution in [3.8, 4) is 11.8 Å². The second-order valence-electron chi connectivity index (χ2n) is 6.63. The Morgan fingerprint density at radius 2 is 1.65 bits per heavy atom. The summed E-state index contributed by atoms with van der Waals surface area (Å²) < 4.78 is 5.28. The molecule has 170 valence electrons. The number of hydrogen-bond donors (Lipinski definition) is 1. The van der Waals surface area contributed by atoms with Crippen molar-refractivity contribution in [2.24, 2.45) is 0 Å². The molecule has 1 amide bonds. The van der Waals surface area contributed by atoms with Gasteiger partial charge in [-0.3, -0.25) is 14.9 Å². The van der Waals surface area contributed by atoms with Gasteiger partial charge in [0.2, 0.25) is 0 Å². The third-order valence-corrected chi connectivity index (χ3v) is 5.38. The summed E-state index contributed by atoms with van der Waals surface area (Å²) in [4.78, 5) is 35.0. The molecule has 3 aromatic carbocycles. The van der Waals surface area contributed by atoms with E-state index in [4.69, 9.17) is 39.5 Å². The number of nitrogens with zero attached hydrogens (tertiary/aromatic N) is 2. The number of nitrogens with one attached hydrogen (secondary N) is 1. The molecule has 0 aliphatic rings. The first-order valence-electron chi connectivity index (χ1n) is 9.32. The monoisotopic (exact) mass is 515 g/mol. The second-order valence-corrected chi connectivity index (χ2v) is 7.86. The molecule has 3 rings (SSSR count). The zero-order valence-electron chi connectivity index (χ0n) is 16.9. The van der Waals surface area contributed by atoms with Crippen LogP contribution in [-0.2, 0) is 4.79 Å². The molecule has 0 aliphatic heterocycles. The van der Waals surface area contributed by atoms with Crippen LogP contribution < -0.4 is 10.1 Å². The molecule has 8 nitrogen and oxygen atoms in total. The van der Waals surface area contributed by atoms with Gasteiger partial charge in [-0.2, -0.15) is 5.26 Å². The molecule has 0 radical (unpaired) electrons. The zero-order valence-corrected chi connectivity index (χ0v) is 19.2. The lowest BCUT2D eigenvalue weighted by molar-refractivity contribution is -0.384. The number of hydrogen-bond acceptors (Lipinski definition) is 6. The van der Waals surface area contributed by atoms with E-state index in [2.05, 4.69) is 5.32 Å². The minimum atomic E-state index is -0.769. The maximum absolute atomic E-state index is 12.4. The van der Waals surface area contributed by atoms with Gasteiger partial charge in [-0.1, -0.05) is 46.9 Å². The molecule has 0 fully saturated rings. The molecule has 0 aliphatic carbocycles. The highest BCUT2D eigenvalue weighted by molar-refractivity contribution is 6.42. The van der Waals surface area contributed by atoms with Crippen molar-refractivity contribution >= 4 is 64.1 Å². The molecular formula is C23H12Cl3N3O5. The molecule has 0 bridgehead atoms. The molecule has 11 heteroatoms. The first-order valence-corrected chi connectivity index (χ1v) is 10.5. The predicted octanol–water partition coefficient (Wildman–Crippen LogP) is 6.32. The van der Waals surface area contributed by atoms with Gasteiger partial charge in [0.1, 0.15) is 22.4 Å². The molecule has 0 aromatic heterocycles. The van der Waals surface area contributed by atoms with Crippen LogP contribution in [0.5, 0.6) is 5.75 Å². The maximum Gasteiger partial charge on any atom is 0.343 e. The minimum Gasteiger partial charge on any atom is -0.423 e. The van der Waals surface area contributed by atoms with Crippen LogP contribution in [0.3, 0.4) is 0 Å². The fourth-order valence-corrected chi connectivity index (χ4v) is 3.15. The van der Waals surface area contributed by atoms with E-state index in [0.717, 1.165) is 6.07 Å². The number of ether oxygens (including phenoxy) is 1. The van der Waals surface area contributed by atoms with Crippen molar-refractivity contribution in [1.29, 1.82) is 5.26 Å². The first-order chi connectivity index (χ1) is 16.2. The Morgan fingerprint density at radius 3 is 2.26 bits per heavy atom. The number of rotatable bonds is 6. The van der Waals surface area contributed by atoms with E-state index in [-0.39, 0.29) is 38.3 Å². The van der Waals surface area contributed by atoms with Gasteiger partial charge < -0.3 is 10.1 Å². The minimum absolute atomic E-state index is 0.0843. The molecule has 0 unspecified atom stereocenters. The van der Waals surface area contributed by atoms with E-state index < -0.39 is 16.8 Å². The summed E-state index contributed by atoms with van der Waals surface area (Å²) >= 11 is 17.5. The quantitative estimate of drug-likeness (QED) is 0.102. The first kappa shape index (κ1) is 24.7. The standard InChI is InChI=1S/C23H12Cl3N3O5/c24-18-7-3-14(10-20(18)26)23(31)34-17-5-1-13(2-6-17)9-15(12-27)22(30)28-16-4-8-19(25)21(11-16)29(32)33/h1-11H,(H,28,30)/b15-9+. The number of amides is 1. The molecule has 0 saturated carbocycles. The lowest BCUT2D eigenvalue weighted by atomic mass is 10.1. The van der Waals surface area contributed by atoms with Crippen LogP contribution in [0, 0.1) is 21.4 Å². The summed E-state index contributed by atoms with van der Waals surface area (Å²) in [5.41, 5.74) is 0.158. The van der Waals surface area contributed by atoms with Crippen LogP contribution in [0.15, 0.2) is 66.2 Å². The Labute approximate surface area is 208 Å². The Morgan fingerprint density at radius 1 is 0.971 bits per heavy atom. The number of nitriles is 1.